The number of rotatable bonds is 4. The molecule has 0 unspecified atom stereocenters. The third-order valence-corrected chi connectivity index (χ3v) is 4.62. The maximum Gasteiger partial charge on any atom is 0.416 e. The molecule has 2 heterocycles. The molecule has 3 rings (SSSR count). The van der Waals surface area contributed by atoms with Crippen molar-refractivity contribution >= 4 is 29.9 Å². The SMILES string of the molecule is CN=C(NCc1nnc2n1CCCC2)N(C)Cc1ccc(C(F)(F)F)cc1.I. The van der Waals surface area contributed by atoms with Gasteiger partial charge in [-0.25, -0.2) is 0 Å². The molecule has 1 aromatic carbocycles. The number of alkyl halides is 3. The number of aryl methyl sites for hydroxylation is 1. The standard InChI is InChI=1S/C18H23F3N6.HI/c1-22-17(23-11-16-25-24-15-5-3-4-10-27(15)16)26(2)12-13-6-8-14(9-7-13)18(19,20)21;/h6-9H,3-5,10-12H2,1-2H3,(H,22,23);1H. The van der Waals surface area contributed by atoms with Gasteiger partial charge in [-0.2, -0.15) is 13.2 Å². The van der Waals surface area contributed by atoms with Gasteiger partial charge in [0.05, 0.1) is 12.1 Å². The quantitative estimate of drug-likeness (QED) is 0.391. The molecule has 0 saturated heterocycles. The molecule has 0 spiro atoms. The lowest BCUT2D eigenvalue weighted by atomic mass is 10.1. The molecule has 2 aromatic rings. The Bertz CT molecular complexity index is 801. The smallest absolute Gasteiger partial charge is 0.349 e. The van der Waals surface area contributed by atoms with Gasteiger partial charge in [0.15, 0.2) is 11.8 Å². The number of hydrogen-bond donors (Lipinski definition) is 1. The van der Waals surface area contributed by atoms with Crippen LogP contribution in [0.1, 0.15) is 35.6 Å². The van der Waals surface area contributed by atoms with Crippen LogP contribution in [0.15, 0.2) is 29.3 Å². The summed E-state index contributed by atoms with van der Waals surface area (Å²) in [7, 11) is 3.51. The number of aliphatic imine (C=N–C) groups is 1. The van der Waals surface area contributed by atoms with Crippen LogP contribution in [0, 0.1) is 0 Å². The first-order valence-electron chi connectivity index (χ1n) is 8.87. The summed E-state index contributed by atoms with van der Waals surface area (Å²) in [5, 5.41) is 11.7. The van der Waals surface area contributed by atoms with Crippen molar-refractivity contribution < 1.29 is 13.2 Å². The lowest BCUT2D eigenvalue weighted by Gasteiger charge is -2.22. The van der Waals surface area contributed by atoms with E-state index in [-0.39, 0.29) is 24.0 Å². The Labute approximate surface area is 179 Å². The van der Waals surface area contributed by atoms with Crippen LogP contribution in [0.25, 0.3) is 0 Å². The van der Waals surface area contributed by atoms with Crippen molar-refractivity contribution in [1.29, 1.82) is 0 Å². The van der Waals surface area contributed by atoms with E-state index in [1.54, 1.807) is 7.05 Å². The summed E-state index contributed by atoms with van der Waals surface area (Å²) in [6, 6.07) is 5.17. The number of nitrogens with zero attached hydrogens (tertiary/aromatic N) is 5. The van der Waals surface area contributed by atoms with Crippen LogP contribution < -0.4 is 5.32 Å². The predicted octanol–water partition coefficient (Wildman–Crippen LogP) is 3.46. The lowest BCUT2D eigenvalue weighted by molar-refractivity contribution is -0.137. The maximum absolute atomic E-state index is 12.7. The first-order valence-corrected chi connectivity index (χ1v) is 8.87. The Kier molecular flexibility index (Phi) is 7.67. The number of hydrogen-bond acceptors (Lipinski definition) is 3. The minimum atomic E-state index is -4.32. The molecule has 0 amide bonds. The monoisotopic (exact) mass is 508 g/mol. The van der Waals surface area contributed by atoms with Gasteiger partial charge in [-0.15, -0.1) is 34.2 Å². The Morgan fingerprint density at radius 2 is 1.93 bits per heavy atom. The van der Waals surface area contributed by atoms with Crippen LogP contribution in [0.4, 0.5) is 13.2 Å². The molecule has 1 N–H and O–H groups in total. The van der Waals surface area contributed by atoms with Gasteiger partial charge in [0.2, 0.25) is 0 Å². The van der Waals surface area contributed by atoms with E-state index in [1.165, 1.54) is 12.1 Å². The first kappa shape index (κ1) is 22.4. The summed E-state index contributed by atoms with van der Waals surface area (Å²) < 4.78 is 40.1. The molecule has 6 nitrogen and oxygen atoms in total. The Hall–Kier alpha value is -1.85. The third kappa shape index (κ3) is 5.36. The third-order valence-electron chi connectivity index (χ3n) is 4.62. The van der Waals surface area contributed by atoms with E-state index in [1.807, 2.05) is 11.9 Å². The zero-order chi connectivity index (χ0) is 19.4. The van der Waals surface area contributed by atoms with Crippen molar-refractivity contribution in [1.82, 2.24) is 25.0 Å². The minimum absolute atomic E-state index is 0. The second-order valence-corrected chi connectivity index (χ2v) is 6.59. The van der Waals surface area contributed by atoms with Crippen molar-refractivity contribution in [3.63, 3.8) is 0 Å². The zero-order valence-electron chi connectivity index (χ0n) is 15.8. The molecule has 0 bridgehead atoms. The normalized spacial score (nSPS) is 14.2. The molecular formula is C18H24F3IN6. The number of fused-ring (bicyclic) bond motifs is 1. The molecule has 0 saturated carbocycles. The molecule has 0 fully saturated rings. The average molecular weight is 508 g/mol. The van der Waals surface area contributed by atoms with Crippen molar-refractivity contribution in [2.75, 3.05) is 14.1 Å². The number of guanidine groups is 1. The van der Waals surface area contributed by atoms with E-state index < -0.39 is 11.7 Å². The van der Waals surface area contributed by atoms with Gasteiger partial charge < -0.3 is 14.8 Å². The molecule has 1 aromatic heterocycles. The van der Waals surface area contributed by atoms with Crippen LogP contribution in [-0.4, -0.2) is 39.7 Å². The van der Waals surface area contributed by atoms with Crippen LogP contribution in [0.3, 0.4) is 0 Å². The molecule has 0 aliphatic carbocycles. The van der Waals surface area contributed by atoms with Crippen LogP contribution in [0.2, 0.25) is 0 Å². The summed E-state index contributed by atoms with van der Waals surface area (Å²) in [6.07, 6.45) is -1.10. The lowest BCUT2D eigenvalue weighted by Crippen LogP contribution is -2.38. The molecule has 28 heavy (non-hydrogen) atoms. The van der Waals surface area contributed by atoms with Crippen LogP contribution in [-0.2, 0) is 32.2 Å². The van der Waals surface area contributed by atoms with E-state index >= 15 is 0 Å². The molecule has 0 radical (unpaired) electrons. The second kappa shape index (κ2) is 9.57. The summed E-state index contributed by atoms with van der Waals surface area (Å²) in [5.41, 5.74) is 0.126. The van der Waals surface area contributed by atoms with Crippen LogP contribution in [0.5, 0.6) is 0 Å². The Morgan fingerprint density at radius 3 is 2.57 bits per heavy atom. The van der Waals surface area contributed by atoms with Crippen LogP contribution >= 0.6 is 24.0 Å². The molecule has 1 aliphatic rings. The van der Waals surface area contributed by atoms with Crippen molar-refractivity contribution in [3.8, 4) is 0 Å². The zero-order valence-corrected chi connectivity index (χ0v) is 18.2. The van der Waals surface area contributed by atoms with Gasteiger partial charge in [0.1, 0.15) is 5.82 Å². The molecule has 10 heteroatoms. The van der Waals surface area contributed by atoms with Gasteiger partial charge in [-0.1, -0.05) is 12.1 Å². The van der Waals surface area contributed by atoms with E-state index in [0.717, 1.165) is 55.2 Å². The number of halogens is 4. The largest absolute Gasteiger partial charge is 0.416 e. The minimum Gasteiger partial charge on any atom is -0.349 e. The fourth-order valence-electron chi connectivity index (χ4n) is 3.19. The van der Waals surface area contributed by atoms with E-state index in [2.05, 4.69) is 25.1 Å². The predicted molar refractivity (Wildman–Crippen MR) is 111 cm³/mol. The molecule has 0 atom stereocenters. The second-order valence-electron chi connectivity index (χ2n) is 6.59. The highest BCUT2D eigenvalue weighted by Gasteiger charge is 2.30. The molecule has 1 aliphatic heterocycles. The molecule has 154 valence electrons. The average Bonchev–Trinajstić information content (AvgIpc) is 3.05. The topological polar surface area (TPSA) is 58.3 Å². The van der Waals surface area contributed by atoms with E-state index in [4.69, 9.17) is 0 Å². The van der Waals surface area contributed by atoms with E-state index in [0.29, 0.717) is 19.0 Å². The van der Waals surface area contributed by atoms with E-state index in [9.17, 15) is 13.2 Å². The highest BCUT2D eigenvalue weighted by Crippen LogP contribution is 2.29. The van der Waals surface area contributed by atoms with Gasteiger partial charge in [-0.05, 0) is 30.5 Å². The van der Waals surface area contributed by atoms with Gasteiger partial charge in [-0.3, -0.25) is 4.99 Å². The summed E-state index contributed by atoms with van der Waals surface area (Å²) in [6.45, 7) is 1.87. The number of aromatic nitrogens is 3. The fourth-order valence-corrected chi connectivity index (χ4v) is 3.19. The highest BCUT2D eigenvalue weighted by molar-refractivity contribution is 14.0. The maximum atomic E-state index is 12.7. The number of benzene rings is 1. The fraction of sp³-hybridized carbons (Fsp3) is 0.500. The summed E-state index contributed by atoms with van der Waals surface area (Å²) in [4.78, 5) is 6.10. The van der Waals surface area contributed by atoms with Gasteiger partial charge in [0, 0.05) is 33.6 Å². The number of nitrogens with one attached hydrogen (secondary N) is 1. The summed E-state index contributed by atoms with van der Waals surface area (Å²) >= 11 is 0. The Balaban J connectivity index is 0.00000280. The van der Waals surface area contributed by atoms with Gasteiger partial charge >= 0.3 is 6.18 Å². The Morgan fingerprint density at radius 1 is 1.21 bits per heavy atom. The van der Waals surface area contributed by atoms with Crippen molar-refractivity contribution in [3.05, 3.63) is 47.0 Å². The first-order chi connectivity index (χ1) is 12.9. The highest BCUT2D eigenvalue weighted by atomic mass is 127. The van der Waals surface area contributed by atoms with Crippen molar-refractivity contribution in [2.24, 2.45) is 4.99 Å². The van der Waals surface area contributed by atoms with Crippen molar-refractivity contribution in [2.45, 2.75) is 45.1 Å². The van der Waals surface area contributed by atoms with Gasteiger partial charge in [0.25, 0.3) is 0 Å². The molecular weight excluding hydrogens is 484 g/mol. The summed E-state index contributed by atoms with van der Waals surface area (Å²) in [5.74, 6) is 2.53.